The normalized spacial score (nSPS) is 11.1. The summed E-state index contributed by atoms with van der Waals surface area (Å²) in [6, 6.07) is 14.4. The minimum Gasteiger partial charge on any atom is -0.497 e. The summed E-state index contributed by atoms with van der Waals surface area (Å²) < 4.78 is 45.9. The molecule has 2 heterocycles. The quantitative estimate of drug-likeness (QED) is 0.432. The van der Waals surface area contributed by atoms with Crippen molar-refractivity contribution < 1.29 is 22.6 Å². The van der Waals surface area contributed by atoms with Crippen LogP contribution in [0.15, 0.2) is 78.2 Å². The van der Waals surface area contributed by atoms with E-state index in [4.69, 9.17) is 14.2 Å². The molecular weight excluding hydrogens is 434 g/mol. The van der Waals surface area contributed by atoms with Gasteiger partial charge in [-0.1, -0.05) is 0 Å². The Morgan fingerprint density at radius 1 is 0.906 bits per heavy atom. The first kappa shape index (κ1) is 21.1. The lowest BCUT2D eigenvalue weighted by molar-refractivity contribution is 0.392. The molecule has 0 saturated heterocycles. The van der Waals surface area contributed by atoms with Gasteiger partial charge in [0.15, 0.2) is 5.82 Å². The number of hydrogen-bond donors (Lipinski definition) is 1. The maximum atomic E-state index is 12.9. The van der Waals surface area contributed by atoms with Gasteiger partial charge in [0.25, 0.3) is 10.0 Å². The molecule has 0 unspecified atom stereocenters. The predicted octanol–water partition coefficient (Wildman–Crippen LogP) is 3.27. The Bertz CT molecular complexity index is 1290. The molecule has 2 aromatic heterocycles. The maximum absolute atomic E-state index is 12.9. The van der Waals surface area contributed by atoms with Crippen LogP contribution in [0.5, 0.6) is 23.1 Å². The maximum Gasteiger partial charge on any atom is 0.265 e. The lowest BCUT2D eigenvalue weighted by Gasteiger charge is -2.13. The Kier molecular flexibility index (Phi) is 5.90. The second-order valence-electron chi connectivity index (χ2n) is 6.45. The van der Waals surface area contributed by atoms with Gasteiger partial charge in [-0.05, 0) is 42.5 Å². The van der Waals surface area contributed by atoms with Crippen molar-refractivity contribution in [2.45, 2.75) is 4.90 Å². The van der Waals surface area contributed by atoms with Gasteiger partial charge >= 0.3 is 0 Å². The predicted molar refractivity (Wildman–Crippen MR) is 116 cm³/mol. The number of rotatable bonds is 8. The van der Waals surface area contributed by atoms with E-state index in [9.17, 15) is 8.42 Å². The topological polar surface area (TPSA) is 117 Å². The summed E-state index contributed by atoms with van der Waals surface area (Å²) in [6.45, 7) is 0. The lowest BCUT2D eigenvalue weighted by atomic mass is 10.3. The molecule has 0 aliphatic rings. The van der Waals surface area contributed by atoms with E-state index in [0.717, 1.165) is 0 Å². The minimum atomic E-state index is -3.91. The Labute approximate surface area is 184 Å². The van der Waals surface area contributed by atoms with Crippen LogP contribution in [0.4, 0.5) is 5.69 Å². The Balaban J connectivity index is 1.47. The molecule has 10 nitrogen and oxygen atoms in total. The van der Waals surface area contributed by atoms with E-state index in [-0.39, 0.29) is 10.6 Å². The molecule has 0 bridgehead atoms. The second-order valence-corrected chi connectivity index (χ2v) is 8.10. The fourth-order valence-corrected chi connectivity index (χ4v) is 4.06. The molecule has 1 N–H and O–H groups in total. The van der Waals surface area contributed by atoms with Crippen LogP contribution in [0.3, 0.4) is 0 Å². The third-order valence-electron chi connectivity index (χ3n) is 4.38. The number of nitrogens with zero attached hydrogens (tertiary/aromatic N) is 4. The summed E-state index contributed by atoms with van der Waals surface area (Å²) in [6.07, 6.45) is 5.02. The molecule has 4 aromatic rings. The minimum absolute atomic E-state index is 0.0343. The van der Waals surface area contributed by atoms with E-state index in [0.29, 0.717) is 28.9 Å². The van der Waals surface area contributed by atoms with Crippen molar-refractivity contribution in [3.63, 3.8) is 0 Å². The average molecular weight is 453 g/mol. The zero-order valence-corrected chi connectivity index (χ0v) is 18.0. The van der Waals surface area contributed by atoms with Crippen LogP contribution >= 0.6 is 0 Å². The largest absolute Gasteiger partial charge is 0.497 e. The van der Waals surface area contributed by atoms with Crippen molar-refractivity contribution in [1.29, 1.82) is 0 Å². The molecule has 0 aliphatic carbocycles. The standard InChI is InChI=1S/C21H19N5O5S/c1-29-17-7-8-18(30-2)19(13-17)32(27,28)25-15-3-5-16(6-4-15)31-21-10-9-20(23-24-21)26-12-11-22-14-26/h3-14,25H,1-2H3. The van der Waals surface area contributed by atoms with Gasteiger partial charge in [-0.25, -0.2) is 13.4 Å². The van der Waals surface area contributed by atoms with Crippen LogP contribution in [0.25, 0.3) is 5.82 Å². The van der Waals surface area contributed by atoms with Crippen LogP contribution in [-0.2, 0) is 10.0 Å². The Morgan fingerprint density at radius 3 is 2.31 bits per heavy atom. The number of ether oxygens (including phenoxy) is 3. The van der Waals surface area contributed by atoms with Crippen molar-refractivity contribution in [2.75, 3.05) is 18.9 Å². The number of imidazole rings is 1. The smallest absolute Gasteiger partial charge is 0.265 e. The monoisotopic (exact) mass is 453 g/mol. The van der Waals surface area contributed by atoms with Gasteiger partial charge in [-0.3, -0.25) is 9.29 Å². The number of anilines is 1. The number of methoxy groups -OCH3 is 2. The number of aromatic nitrogens is 4. The highest BCUT2D eigenvalue weighted by molar-refractivity contribution is 7.92. The van der Waals surface area contributed by atoms with Gasteiger partial charge < -0.3 is 14.2 Å². The molecule has 0 radical (unpaired) electrons. The van der Waals surface area contributed by atoms with Gasteiger partial charge in [0.05, 0.1) is 14.2 Å². The first-order valence-corrected chi connectivity index (χ1v) is 10.8. The number of benzene rings is 2. The molecule has 0 spiro atoms. The van der Waals surface area contributed by atoms with E-state index in [1.165, 1.54) is 26.4 Å². The highest BCUT2D eigenvalue weighted by Gasteiger charge is 2.21. The van der Waals surface area contributed by atoms with Crippen molar-refractivity contribution in [3.8, 4) is 28.9 Å². The molecule has 0 amide bonds. The molecule has 0 aliphatic heterocycles. The first-order chi connectivity index (χ1) is 15.5. The van der Waals surface area contributed by atoms with Crippen molar-refractivity contribution in [2.24, 2.45) is 0 Å². The molecule has 0 saturated carbocycles. The van der Waals surface area contributed by atoms with Crippen molar-refractivity contribution >= 4 is 15.7 Å². The summed E-state index contributed by atoms with van der Waals surface area (Å²) in [5.74, 6) is 1.97. The van der Waals surface area contributed by atoms with Gasteiger partial charge in [0.2, 0.25) is 5.88 Å². The molecule has 0 fully saturated rings. The van der Waals surface area contributed by atoms with Crippen LogP contribution in [-0.4, -0.2) is 42.4 Å². The van der Waals surface area contributed by atoms with E-state index in [1.54, 1.807) is 65.8 Å². The fraction of sp³-hybridized carbons (Fsp3) is 0.0952. The summed E-state index contributed by atoms with van der Waals surface area (Å²) >= 11 is 0. The Hall–Kier alpha value is -4.12. The molecular formula is C21H19N5O5S. The highest BCUT2D eigenvalue weighted by atomic mass is 32.2. The summed E-state index contributed by atoms with van der Waals surface area (Å²) in [5.41, 5.74) is 0.351. The summed E-state index contributed by atoms with van der Waals surface area (Å²) in [7, 11) is -1.05. The third-order valence-corrected chi connectivity index (χ3v) is 5.79. The number of sulfonamides is 1. The lowest BCUT2D eigenvalue weighted by Crippen LogP contribution is -2.14. The summed E-state index contributed by atoms with van der Waals surface area (Å²) in [5, 5.41) is 8.11. The zero-order valence-electron chi connectivity index (χ0n) is 17.2. The molecule has 4 rings (SSSR count). The number of nitrogens with one attached hydrogen (secondary N) is 1. The molecule has 11 heteroatoms. The molecule has 2 aromatic carbocycles. The van der Waals surface area contributed by atoms with Crippen LogP contribution in [0, 0.1) is 0 Å². The SMILES string of the molecule is COc1ccc(OC)c(S(=O)(=O)Nc2ccc(Oc3ccc(-n4ccnc4)nn3)cc2)c1. The van der Waals surface area contributed by atoms with Crippen molar-refractivity contribution in [1.82, 2.24) is 19.7 Å². The van der Waals surface area contributed by atoms with Gasteiger partial charge in [0.1, 0.15) is 28.5 Å². The first-order valence-electron chi connectivity index (χ1n) is 9.33. The zero-order chi connectivity index (χ0) is 22.6. The van der Waals surface area contributed by atoms with E-state index >= 15 is 0 Å². The van der Waals surface area contributed by atoms with Crippen LogP contribution in [0.2, 0.25) is 0 Å². The fourth-order valence-electron chi connectivity index (χ4n) is 2.82. The van der Waals surface area contributed by atoms with Crippen LogP contribution in [0.1, 0.15) is 0 Å². The molecule has 164 valence electrons. The number of hydrogen-bond acceptors (Lipinski definition) is 8. The Morgan fingerprint density at radius 2 is 1.69 bits per heavy atom. The van der Waals surface area contributed by atoms with Gasteiger partial charge in [0, 0.05) is 30.2 Å². The average Bonchev–Trinajstić information content (AvgIpc) is 3.35. The summed E-state index contributed by atoms with van der Waals surface area (Å²) in [4.78, 5) is 3.93. The third kappa shape index (κ3) is 4.62. The highest BCUT2D eigenvalue weighted by Crippen LogP contribution is 2.30. The van der Waals surface area contributed by atoms with E-state index in [2.05, 4.69) is 19.9 Å². The van der Waals surface area contributed by atoms with Gasteiger partial charge in [-0.15, -0.1) is 10.2 Å². The molecule has 32 heavy (non-hydrogen) atoms. The van der Waals surface area contributed by atoms with E-state index < -0.39 is 10.0 Å². The van der Waals surface area contributed by atoms with Gasteiger partial charge in [-0.2, -0.15) is 0 Å². The van der Waals surface area contributed by atoms with Crippen LogP contribution < -0.4 is 18.9 Å². The second kappa shape index (κ2) is 8.94. The molecule has 0 atom stereocenters. The van der Waals surface area contributed by atoms with Crippen molar-refractivity contribution in [3.05, 3.63) is 73.3 Å². The van der Waals surface area contributed by atoms with E-state index in [1.807, 2.05) is 0 Å².